The van der Waals surface area contributed by atoms with Crippen molar-refractivity contribution in [3.63, 3.8) is 0 Å². The predicted octanol–water partition coefficient (Wildman–Crippen LogP) is 5.21. The number of nitrogens with zero attached hydrogens (tertiary/aromatic N) is 3. The molecule has 31 heavy (non-hydrogen) atoms. The third-order valence-corrected chi connectivity index (χ3v) is 5.93. The normalized spacial score (nSPS) is 10.8. The number of amides is 1. The smallest absolute Gasteiger partial charge is 0.234 e. The van der Waals surface area contributed by atoms with Gasteiger partial charge < -0.3 is 5.32 Å². The standard InChI is InChI=1S/C25H24N4OS/c1-18-12-13-23(19(2)14-18)29-17-26-28-25(29)31-16-24(30)27-22-11-7-6-10-21(22)15-20-8-4-3-5-9-20/h3-14,17H,15-16H2,1-2H3,(H,27,30). The molecule has 4 aromatic rings. The molecule has 0 unspecified atom stereocenters. The van der Waals surface area contributed by atoms with Crippen molar-refractivity contribution in [3.8, 4) is 5.69 Å². The summed E-state index contributed by atoms with van der Waals surface area (Å²) in [5, 5.41) is 12.0. The zero-order valence-electron chi connectivity index (χ0n) is 17.6. The second-order valence-corrected chi connectivity index (χ2v) is 8.37. The van der Waals surface area contributed by atoms with Crippen molar-refractivity contribution in [3.05, 3.63) is 101 Å². The van der Waals surface area contributed by atoms with Crippen LogP contribution >= 0.6 is 11.8 Å². The molecule has 156 valence electrons. The van der Waals surface area contributed by atoms with Crippen LogP contribution in [0.5, 0.6) is 0 Å². The number of aromatic nitrogens is 3. The molecule has 0 bridgehead atoms. The Balaban J connectivity index is 1.43. The van der Waals surface area contributed by atoms with E-state index in [-0.39, 0.29) is 11.7 Å². The van der Waals surface area contributed by atoms with Gasteiger partial charge in [-0.1, -0.05) is 78.0 Å². The molecular formula is C25H24N4OS. The monoisotopic (exact) mass is 428 g/mol. The second kappa shape index (κ2) is 9.62. The maximum absolute atomic E-state index is 12.7. The Bertz CT molecular complexity index is 1190. The molecule has 1 heterocycles. The Hall–Kier alpha value is -3.38. The minimum Gasteiger partial charge on any atom is -0.325 e. The van der Waals surface area contributed by atoms with Gasteiger partial charge in [0, 0.05) is 5.69 Å². The largest absolute Gasteiger partial charge is 0.325 e. The van der Waals surface area contributed by atoms with E-state index in [2.05, 4.69) is 59.7 Å². The van der Waals surface area contributed by atoms with Crippen LogP contribution in [0.25, 0.3) is 5.69 Å². The molecule has 0 saturated heterocycles. The molecule has 1 N–H and O–H groups in total. The Labute approximate surface area is 186 Å². The molecule has 0 spiro atoms. The van der Waals surface area contributed by atoms with Gasteiger partial charge in [0.15, 0.2) is 5.16 Å². The van der Waals surface area contributed by atoms with Crippen molar-refractivity contribution in [1.82, 2.24) is 14.8 Å². The number of benzene rings is 3. The first-order valence-corrected chi connectivity index (χ1v) is 11.1. The first kappa shape index (κ1) is 20.9. The summed E-state index contributed by atoms with van der Waals surface area (Å²) >= 11 is 1.38. The van der Waals surface area contributed by atoms with E-state index in [9.17, 15) is 4.79 Å². The van der Waals surface area contributed by atoms with Crippen molar-refractivity contribution in [2.24, 2.45) is 0 Å². The summed E-state index contributed by atoms with van der Waals surface area (Å²) in [6, 6.07) is 24.4. The lowest BCUT2D eigenvalue weighted by atomic mass is 10.0. The Kier molecular flexibility index (Phi) is 6.48. The lowest BCUT2D eigenvalue weighted by Gasteiger charge is -2.12. The van der Waals surface area contributed by atoms with Crippen LogP contribution in [0.1, 0.15) is 22.3 Å². The van der Waals surface area contributed by atoms with Crippen molar-refractivity contribution in [2.75, 3.05) is 11.1 Å². The molecule has 0 aliphatic carbocycles. The maximum Gasteiger partial charge on any atom is 0.234 e. The van der Waals surface area contributed by atoms with Gasteiger partial charge in [0.1, 0.15) is 6.33 Å². The summed E-state index contributed by atoms with van der Waals surface area (Å²) in [4.78, 5) is 12.7. The molecule has 0 radical (unpaired) electrons. The quantitative estimate of drug-likeness (QED) is 0.411. The van der Waals surface area contributed by atoms with Crippen molar-refractivity contribution >= 4 is 23.4 Å². The molecule has 0 fully saturated rings. The SMILES string of the molecule is Cc1ccc(-n2cnnc2SCC(=O)Nc2ccccc2Cc2ccccc2)c(C)c1. The summed E-state index contributed by atoms with van der Waals surface area (Å²) < 4.78 is 1.93. The van der Waals surface area contributed by atoms with Gasteiger partial charge in [0.05, 0.1) is 11.4 Å². The van der Waals surface area contributed by atoms with Gasteiger partial charge in [-0.05, 0) is 49.1 Å². The third kappa shape index (κ3) is 5.22. The molecule has 0 saturated carbocycles. The van der Waals surface area contributed by atoms with Crippen LogP contribution in [0, 0.1) is 13.8 Å². The Morgan fingerprint density at radius 2 is 1.77 bits per heavy atom. The van der Waals surface area contributed by atoms with Crippen LogP contribution in [0.4, 0.5) is 5.69 Å². The first-order valence-electron chi connectivity index (χ1n) is 10.1. The molecule has 0 atom stereocenters. The van der Waals surface area contributed by atoms with Crippen LogP contribution in [0.3, 0.4) is 0 Å². The zero-order chi connectivity index (χ0) is 21.6. The average molecular weight is 429 g/mol. The highest BCUT2D eigenvalue weighted by atomic mass is 32.2. The van der Waals surface area contributed by atoms with Crippen molar-refractivity contribution in [1.29, 1.82) is 0 Å². The number of carbonyl (C=O) groups excluding carboxylic acids is 1. The minimum atomic E-state index is -0.0688. The van der Waals surface area contributed by atoms with E-state index in [1.807, 2.05) is 47.0 Å². The van der Waals surface area contributed by atoms with E-state index in [1.165, 1.54) is 22.9 Å². The van der Waals surface area contributed by atoms with E-state index in [0.29, 0.717) is 5.16 Å². The van der Waals surface area contributed by atoms with Crippen LogP contribution in [0.2, 0.25) is 0 Å². The van der Waals surface area contributed by atoms with Gasteiger partial charge in [-0.25, -0.2) is 0 Å². The molecule has 0 aliphatic rings. The predicted molar refractivity (Wildman–Crippen MR) is 126 cm³/mol. The molecule has 0 aliphatic heterocycles. The second-order valence-electron chi connectivity index (χ2n) is 7.43. The minimum absolute atomic E-state index is 0.0688. The van der Waals surface area contributed by atoms with Crippen LogP contribution < -0.4 is 5.32 Å². The maximum atomic E-state index is 12.7. The fourth-order valence-electron chi connectivity index (χ4n) is 3.49. The van der Waals surface area contributed by atoms with E-state index >= 15 is 0 Å². The zero-order valence-corrected chi connectivity index (χ0v) is 18.4. The number of hydrogen-bond acceptors (Lipinski definition) is 4. The van der Waals surface area contributed by atoms with E-state index in [1.54, 1.807) is 6.33 Å². The molecule has 4 rings (SSSR count). The average Bonchev–Trinajstić information content (AvgIpc) is 3.23. The summed E-state index contributed by atoms with van der Waals surface area (Å²) in [6.45, 7) is 4.13. The van der Waals surface area contributed by atoms with Gasteiger partial charge in [0.25, 0.3) is 0 Å². The first-order chi connectivity index (χ1) is 15.1. The molecular weight excluding hydrogens is 404 g/mol. The molecule has 6 heteroatoms. The van der Waals surface area contributed by atoms with Crippen molar-refractivity contribution < 1.29 is 4.79 Å². The summed E-state index contributed by atoms with van der Waals surface area (Å²) in [7, 11) is 0. The molecule has 5 nitrogen and oxygen atoms in total. The molecule has 1 aromatic heterocycles. The number of aryl methyl sites for hydroxylation is 2. The van der Waals surface area contributed by atoms with Gasteiger partial charge in [0.2, 0.25) is 5.91 Å². The van der Waals surface area contributed by atoms with Crippen LogP contribution in [0.15, 0.2) is 84.3 Å². The van der Waals surface area contributed by atoms with Gasteiger partial charge >= 0.3 is 0 Å². The lowest BCUT2D eigenvalue weighted by molar-refractivity contribution is -0.113. The van der Waals surface area contributed by atoms with Gasteiger partial charge in [-0.15, -0.1) is 10.2 Å². The molecule has 1 amide bonds. The number of thioether (sulfide) groups is 1. The lowest BCUT2D eigenvalue weighted by Crippen LogP contribution is -2.16. The number of anilines is 1. The highest BCUT2D eigenvalue weighted by molar-refractivity contribution is 7.99. The number of hydrogen-bond donors (Lipinski definition) is 1. The van der Waals surface area contributed by atoms with Gasteiger partial charge in [-0.2, -0.15) is 0 Å². The number of nitrogens with one attached hydrogen (secondary N) is 1. The number of para-hydroxylation sites is 1. The van der Waals surface area contributed by atoms with E-state index in [4.69, 9.17) is 0 Å². The number of rotatable bonds is 7. The highest BCUT2D eigenvalue weighted by Gasteiger charge is 2.13. The number of carbonyl (C=O) groups is 1. The highest BCUT2D eigenvalue weighted by Crippen LogP contribution is 2.24. The van der Waals surface area contributed by atoms with Crippen molar-refractivity contribution in [2.45, 2.75) is 25.4 Å². The van der Waals surface area contributed by atoms with Crippen LogP contribution in [-0.4, -0.2) is 26.4 Å². The third-order valence-electron chi connectivity index (χ3n) is 4.99. The summed E-state index contributed by atoms with van der Waals surface area (Å²) in [5.41, 5.74) is 6.50. The topological polar surface area (TPSA) is 59.8 Å². The van der Waals surface area contributed by atoms with Gasteiger partial charge in [-0.3, -0.25) is 9.36 Å². The fourth-order valence-corrected chi connectivity index (χ4v) is 4.21. The fraction of sp³-hybridized carbons (Fsp3) is 0.160. The van der Waals surface area contributed by atoms with E-state index < -0.39 is 0 Å². The van der Waals surface area contributed by atoms with Crippen LogP contribution in [-0.2, 0) is 11.2 Å². The molecule has 3 aromatic carbocycles. The summed E-state index contributed by atoms with van der Waals surface area (Å²) in [6.07, 6.45) is 2.46. The summed E-state index contributed by atoms with van der Waals surface area (Å²) in [5.74, 6) is 0.184. The Morgan fingerprint density at radius 3 is 2.58 bits per heavy atom. The Morgan fingerprint density at radius 1 is 1.00 bits per heavy atom. The van der Waals surface area contributed by atoms with E-state index in [0.717, 1.165) is 28.9 Å².